The van der Waals surface area contributed by atoms with Crippen molar-refractivity contribution in [3.8, 4) is 5.75 Å². The predicted molar refractivity (Wildman–Crippen MR) is 130 cm³/mol. The summed E-state index contributed by atoms with van der Waals surface area (Å²) in [6, 6.07) is 11.1. The number of nitrogens with zero attached hydrogens (tertiary/aromatic N) is 1. The van der Waals surface area contributed by atoms with E-state index in [9.17, 15) is 14.7 Å². The molecule has 0 aliphatic heterocycles. The standard InChI is InChI=1S/C27H31NO5/c1-6-13-28-17-21(15-19-9-10-20(26(30)31)16-24(19)32-5)22-14-18(7-11-23(22)28)8-12-25(29)33-27(2,3)4/h7-12,14,16-17H,6,13,15H2,1-5H3,(H,30,31)/b12-8+. The Morgan fingerprint density at radius 3 is 2.48 bits per heavy atom. The molecule has 33 heavy (non-hydrogen) atoms. The number of carboxylic acid groups (broad SMARTS) is 1. The van der Waals surface area contributed by atoms with Crippen LogP contribution in [0.1, 0.15) is 61.2 Å². The molecular formula is C27H31NO5. The third-order valence-electron chi connectivity index (χ3n) is 5.19. The van der Waals surface area contributed by atoms with Crippen molar-refractivity contribution in [3.63, 3.8) is 0 Å². The molecule has 3 rings (SSSR count). The van der Waals surface area contributed by atoms with Gasteiger partial charge in [0.25, 0.3) is 0 Å². The molecule has 0 saturated carbocycles. The highest BCUT2D eigenvalue weighted by atomic mass is 16.6. The molecular weight excluding hydrogens is 418 g/mol. The van der Waals surface area contributed by atoms with Crippen LogP contribution >= 0.6 is 0 Å². The Kier molecular flexibility index (Phi) is 7.26. The van der Waals surface area contributed by atoms with E-state index in [2.05, 4.69) is 29.8 Å². The van der Waals surface area contributed by atoms with E-state index in [1.54, 1.807) is 31.4 Å². The quantitative estimate of drug-likeness (QED) is 0.352. The van der Waals surface area contributed by atoms with Gasteiger partial charge in [0.15, 0.2) is 0 Å². The van der Waals surface area contributed by atoms with Gasteiger partial charge < -0.3 is 19.1 Å². The number of carboxylic acids is 1. The molecule has 0 fully saturated rings. The number of esters is 1. The molecule has 3 aromatic rings. The van der Waals surface area contributed by atoms with E-state index in [1.165, 1.54) is 6.08 Å². The first kappa shape index (κ1) is 24.1. The topological polar surface area (TPSA) is 77.8 Å². The van der Waals surface area contributed by atoms with Crippen LogP contribution in [0.2, 0.25) is 0 Å². The zero-order chi connectivity index (χ0) is 24.2. The average molecular weight is 450 g/mol. The van der Waals surface area contributed by atoms with Crippen LogP contribution in [0.4, 0.5) is 0 Å². The minimum atomic E-state index is -0.985. The molecule has 0 spiro atoms. The Balaban J connectivity index is 1.98. The number of fused-ring (bicyclic) bond motifs is 1. The molecule has 6 nitrogen and oxygen atoms in total. The van der Waals surface area contributed by atoms with E-state index in [4.69, 9.17) is 9.47 Å². The van der Waals surface area contributed by atoms with Crippen LogP contribution in [-0.4, -0.2) is 34.3 Å². The van der Waals surface area contributed by atoms with Crippen LogP contribution in [0.25, 0.3) is 17.0 Å². The van der Waals surface area contributed by atoms with Gasteiger partial charge in [0.05, 0.1) is 12.7 Å². The number of benzene rings is 2. The molecule has 2 aromatic carbocycles. The zero-order valence-electron chi connectivity index (χ0n) is 19.8. The number of hydrogen-bond donors (Lipinski definition) is 1. The summed E-state index contributed by atoms with van der Waals surface area (Å²) in [7, 11) is 1.55. The Morgan fingerprint density at radius 1 is 1.09 bits per heavy atom. The summed E-state index contributed by atoms with van der Waals surface area (Å²) in [5.74, 6) is -0.817. The van der Waals surface area contributed by atoms with Crippen molar-refractivity contribution in [2.75, 3.05) is 7.11 Å². The molecule has 0 bridgehead atoms. The Labute approximate surface area is 194 Å². The molecule has 0 aliphatic rings. The Morgan fingerprint density at radius 2 is 1.85 bits per heavy atom. The van der Waals surface area contributed by atoms with Gasteiger partial charge in [-0.05, 0) is 74.2 Å². The van der Waals surface area contributed by atoms with Gasteiger partial charge in [-0.15, -0.1) is 0 Å². The van der Waals surface area contributed by atoms with Gasteiger partial charge in [0.2, 0.25) is 0 Å². The second-order valence-electron chi connectivity index (χ2n) is 9.00. The summed E-state index contributed by atoms with van der Waals surface area (Å²) in [5.41, 5.74) is 3.68. The molecule has 174 valence electrons. The van der Waals surface area contributed by atoms with Crippen LogP contribution in [0.5, 0.6) is 5.75 Å². The first-order valence-electron chi connectivity index (χ1n) is 11.0. The zero-order valence-corrected chi connectivity index (χ0v) is 19.8. The van der Waals surface area contributed by atoms with Gasteiger partial charge in [-0.25, -0.2) is 9.59 Å². The number of aromatic nitrogens is 1. The van der Waals surface area contributed by atoms with Crippen LogP contribution in [-0.2, 0) is 22.5 Å². The molecule has 0 aliphatic carbocycles. The minimum absolute atomic E-state index is 0.193. The number of aromatic carboxylic acids is 1. The van der Waals surface area contributed by atoms with Gasteiger partial charge in [0.1, 0.15) is 11.4 Å². The van der Waals surface area contributed by atoms with E-state index in [1.807, 2.05) is 26.8 Å². The summed E-state index contributed by atoms with van der Waals surface area (Å²) in [4.78, 5) is 23.4. The molecule has 0 amide bonds. The van der Waals surface area contributed by atoms with Crippen molar-refractivity contribution in [1.29, 1.82) is 0 Å². The van der Waals surface area contributed by atoms with Crippen LogP contribution in [0.15, 0.2) is 48.7 Å². The Bertz CT molecular complexity index is 1200. The number of aryl methyl sites for hydroxylation is 1. The maximum atomic E-state index is 12.1. The lowest BCUT2D eigenvalue weighted by atomic mass is 10.0. The fraction of sp³-hybridized carbons (Fsp3) is 0.333. The molecule has 1 N–H and O–H groups in total. The van der Waals surface area contributed by atoms with E-state index in [0.29, 0.717) is 12.2 Å². The third-order valence-corrected chi connectivity index (χ3v) is 5.19. The molecule has 1 heterocycles. The van der Waals surface area contributed by atoms with Crippen molar-refractivity contribution >= 4 is 28.9 Å². The maximum Gasteiger partial charge on any atom is 0.335 e. The third kappa shape index (κ3) is 6.04. The fourth-order valence-electron chi connectivity index (χ4n) is 3.79. The second-order valence-corrected chi connectivity index (χ2v) is 9.00. The highest BCUT2D eigenvalue weighted by Gasteiger charge is 2.15. The van der Waals surface area contributed by atoms with Gasteiger partial charge >= 0.3 is 11.9 Å². The fourth-order valence-corrected chi connectivity index (χ4v) is 3.79. The summed E-state index contributed by atoms with van der Waals surface area (Å²) in [6.45, 7) is 8.54. The van der Waals surface area contributed by atoms with Crippen LogP contribution < -0.4 is 4.74 Å². The number of carbonyl (C=O) groups excluding carboxylic acids is 1. The summed E-state index contributed by atoms with van der Waals surface area (Å²) in [6.07, 6.45) is 6.94. The normalized spacial score (nSPS) is 11.8. The van der Waals surface area contributed by atoms with Gasteiger partial charge in [-0.3, -0.25) is 0 Å². The number of hydrogen-bond acceptors (Lipinski definition) is 4. The average Bonchev–Trinajstić information content (AvgIpc) is 3.08. The van der Waals surface area contributed by atoms with E-state index < -0.39 is 11.6 Å². The lowest BCUT2D eigenvalue weighted by Crippen LogP contribution is -2.22. The maximum absolute atomic E-state index is 12.1. The SMILES string of the molecule is CCCn1cc(Cc2ccc(C(=O)O)cc2OC)c2cc(/C=C/C(=O)OC(C)(C)C)ccc21. The predicted octanol–water partition coefficient (Wildman–Crippen LogP) is 5.70. The monoisotopic (exact) mass is 449 g/mol. The summed E-state index contributed by atoms with van der Waals surface area (Å²) < 4.78 is 13.0. The first-order chi connectivity index (χ1) is 15.6. The van der Waals surface area contributed by atoms with Crippen molar-refractivity contribution < 1.29 is 24.2 Å². The smallest absolute Gasteiger partial charge is 0.335 e. The largest absolute Gasteiger partial charge is 0.496 e. The molecule has 6 heteroatoms. The van der Waals surface area contributed by atoms with E-state index in [-0.39, 0.29) is 11.5 Å². The highest BCUT2D eigenvalue weighted by molar-refractivity contribution is 5.91. The van der Waals surface area contributed by atoms with E-state index in [0.717, 1.165) is 40.6 Å². The molecule has 1 aromatic heterocycles. The molecule has 0 unspecified atom stereocenters. The lowest BCUT2D eigenvalue weighted by molar-refractivity contribution is -0.148. The van der Waals surface area contributed by atoms with Crippen LogP contribution in [0.3, 0.4) is 0 Å². The Hall–Kier alpha value is -3.54. The van der Waals surface area contributed by atoms with Crippen molar-refractivity contribution in [2.45, 2.75) is 52.7 Å². The van der Waals surface area contributed by atoms with Crippen molar-refractivity contribution in [1.82, 2.24) is 4.57 Å². The van der Waals surface area contributed by atoms with E-state index >= 15 is 0 Å². The number of ether oxygens (including phenoxy) is 2. The number of carbonyl (C=O) groups is 2. The van der Waals surface area contributed by atoms with Crippen molar-refractivity contribution in [3.05, 3.63) is 70.9 Å². The van der Waals surface area contributed by atoms with Crippen LogP contribution in [0, 0.1) is 0 Å². The lowest BCUT2D eigenvalue weighted by Gasteiger charge is -2.17. The van der Waals surface area contributed by atoms with Gasteiger partial charge in [-0.1, -0.05) is 19.1 Å². The number of methoxy groups -OCH3 is 1. The minimum Gasteiger partial charge on any atom is -0.496 e. The van der Waals surface area contributed by atoms with Gasteiger partial charge in [0, 0.05) is 36.1 Å². The summed E-state index contributed by atoms with van der Waals surface area (Å²) >= 11 is 0. The highest BCUT2D eigenvalue weighted by Crippen LogP contribution is 2.29. The van der Waals surface area contributed by atoms with Crippen molar-refractivity contribution in [2.24, 2.45) is 0 Å². The first-order valence-corrected chi connectivity index (χ1v) is 11.0. The molecule has 0 radical (unpaired) electrons. The second kappa shape index (κ2) is 9.94. The molecule has 0 saturated heterocycles. The number of rotatable bonds is 8. The molecule has 0 atom stereocenters. The van der Waals surface area contributed by atoms with Gasteiger partial charge in [-0.2, -0.15) is 0 Å². The summed E-state index contributed by atoms with van der Waals surface area (Å²) in [5, 5.41) is 10.4.